The van der Waals surface area contributed by atoms with Gasteiger partial charge in [0.15, 0.2) is 0 Å². The molecule has 0 bridgehead atoms. The van der Waals surface area contributed by atoms with E-state index < -0.39 is 0 Å². The van der Waals surface area contributed by atoms with E-state index in [-0.39, 0.29) is 0 Å². The molecule has 2 nitrogen and oxygen atoms in total. The van der Waals surface area contributed by atoms with Crippen molar-refractivity contribution in [2.24, 2.45) is 0 Å². The first kappa shape index (κ1) is 12.5. The molecule has 0 saturated heterocycles. The number of pyridine rings is 1. The lowest BCUT2D eigenvalue weighted by atomic mass is 10.1. The molecule has 0 fully saturated rings. The molecule has 0 N–H and O–H groups in total. The van der Waals surface area contributed by atoms with Gasteiger partial charge in [0, 0.05) is 22.2 Å². The van der Waals surface area contributed by atoms with Crippen LogP contribution in [0.1, 0.15) is 19.0 Å². The largest absolute Gasteiger partial charge is 0.494 e. The van der Waals surface area contributed by atoms with Crippen LogP contribution < -0.4 is 4.74 Å². The van der Waals surface area contributed by atoms with Crippen LogP contribution in [0.25, 0.3) is 10.9 Å². The van der Waals surface area contributed by atoms with Gasteiger partial charge in [-0.15, -0.1) is 0 Å². The van der Waals surface area contributed by atoms with E-state index in [1.807, 2.05) is 12.1 Å². The molecule has 4 heteroatoms. The van der Waals surface area contributed by atoms with Gasteiger partial charge in [0.25, 0.3) is 0 Å². The number of fused-ring (bicyclic) bond motifs is 1. The number of aromatic nitrogens is 1. The second kappa shape index (κ2) is 5.11. The summed E-state index contributed by atoms with van der Waals surface area (Å²) < 4.78 is 5.29. The van der Waals surface area contributed by atoms with Crippen LogP contribution in [-0.4, -0.2) is 12.1 Å². The molecule has 0 atom stereocenters. The smallest absolute Gasteiger partial charge is 0.146 e. The Hall–Kier alpha value is -0.990. The van der Waals surface area contributed by atoms with E-state index in [4.69, 9.17) is 27.9 Å². The Morgan fingerprint density at radius 2 is 2.00 bits per heavy atom. The summed E-state index contributed by atoms with van der Waals surface area (Å²) in [6.07, 6.45) is 1.94. The van der Waals surface area contributed by atoms with Crippen molar-refractivity contribution in [2.75, 3.05) is 7.11 Å². The van der Waals surface area contributed by atoms with Crippen LogP contribution >= 0.6 is 23.2 Å². The number of aryl methyl sites for hydroxylation is 1. The highest BCUT2D eigenvalue weighted by atomic mass is 35.5. The fraction of sp³-hybridized carbons (Fsp3) is 0.308. The molecule has 0 spiro atoms. The maximum atomic E-state index is 6.24. The van der Waals surface area contributed by atoms with Gasteiger partial charge in [-0.05, 0) is 18.6 Å². The third-order valence-corrected chi connectivity index (χ3v) is 3.10. The van der Waals surface area contributed by atoms with Gasteiger partial charge in [-0.25, -0.2) is 4.98 Å². The molecule has 0 aliphatic rings. The lowest BCUT2D eigenvalue weighted by Gasteiger charge is -2.09. The van der Waals surface area contributed by atoms with Crippen molar-refractivity contribution in [3.05, 3.63) is 33.9 Å². The first-order valence-electron chi connectivity index (χ1n) is 5.48. The number of ether oxygens (including phenoxy) is 1. The van der Waals surface area contributed by atoms with Gasteiger partial charge >= 0.3 is 0 Å². The third kappa shape index (κ3) is 2.48. The van der Waals surface area contributed by atoms with Gasteiger partial charge < -0.3 is 4.74 Å². The van der Waals surface area contributed by atoms with Gasteiger partial charge in [-0.2, -0.15) is 0 Å². The zero-order chi connectivity index (χ0) is 12.4. The minimum absolute atomic E-state index is 0.598. The quantitative estimate of drug-likeness (QED) is 0.819. The lowest BCUT2D eigenvalue weighted by Crippen LogP contribution is -1.94. The molecule has 1 aromatic heterocycles. The SMILES string of the molecule is CCCc1cc(Cl)c2cc(Cl)cc(OC)c2n1. The number of rotatable bonds is 3. The first-order chi connectivity index (χ1) is 8.15. The van der Waals surface area contributed by atoms with Crippen molar-refractivity contribution in [3.63, 3.8) is 0 Å². The molecule has 2 aromatic rings. The Morgan fingerprint density at radius 1 is 1.24 bits per heavy atom. The lowest BCUT2D eigenvalue weighted by molar-refractivity contribution is 0.419. The highest BCUT2D eigenvalue weighted by molar-refractivity contribution is 6.37. The van der Waals surface area contributed by atoms with Crippen molar-refractivity contribution in [1.29, 1.82) is 0 Å². The molecule has 0 radical (unpaired) electrons. The molecule has 2 rings (SSSR count). The number of benzene rings is 1. The molecule has 0 saturated carbocycles. The Kier molecular flexibility index (Phi) is 3.75. The van der Waals surface area contributed by atoms with E-state index in [0.29, 0.717) is 15.8 Å². The second-order valence-corrected chi connectivity index (χ2v) is 4.69. The summed E-state index contributed by atoms with van der Waals surface area (Å²) in [6.45, 7) is 2.11. The number of hydrogen-bond donors (Lipinski definition) is 0. The summed E-state index contributed by atoms with van der Waals surface area (Å²) in [4.78, 5) is 4.57. The molecule has 0 unspecified atom stereocenters. The minimum atomic E-state index is 0.598. The van der Waals surface area contributed by atoms with Gasteiger partial charge in [-0.3, -0.25) is 0 Å². The Balaban J connectivity index is 2.72. The van der Waals surface area contributed by atoms with E-state index in [1.165, 1.54) is 0 Å². The summed E-state index contributed by atoms with van der Waals surface area (Å²) in [5, 5.41) is 2.09. The normalized spacial score (nSPS) is 10.8. The minimum Gasteiger partial charge on any atom is -0.494 e. The van der Waals surface area contributed by atoms with Crippen LogP contribution in [0.2, 0.25) is 10.0 Å². The van der Waals surface area contributed by atoms with E-state index in [2.05, 4.69) is 11.9 Å². The molecule has 17 heavy (non-hydrogen) atoms. The standard InChI is InChI=1S/C13H13Cl2NO/c1-3-4-9-7-11(15)10-5-8(14)6-12(17-2)13(10)16-9/h5-7H,3-4H2,1-2H3. The predicted molar refractivity (Wildman–Crippen MR) is 72.3 cm³/mol. The molecular formula is C13H13Cl2NO. The summed E-state index contributed by atoms with van der Waals surface area (Å²) >= 11 is 12.3. The Labute approximate surface area is 111 Å². The zero-order valence-electron chi connectivity index (χ0n) is 9.76. The monoisotopic (exact) mass is 269 g/mol. The number of nitrogens with zero attached hydrogens (tertiary/aromatic N) is 1. The Morgan fingerprint density at radius 3 is 2.65 bits per heavy atom. The Bertz CT molecular complexity index is 555. The van der Waals surface area contributed by atoms with E-state index in [9.17, 15) is 0 Å². The highest BCUT2D eigenvalue weighted by Gasteiger charge is 2.10. The molecule has 1 aromatic carbocycles. The van der Waals surface area contributed by atoms with Gasteiger partial charge in [-0.1, -0.05) is 36.5 Å². The summed E-state index contributed by atoms with van der Waals surface area (Å²) in [6, 6.07) is 5.45. The maximum absolute atomic E-state index is 6.24. The highest BCUT2D eigenvalue weighted by Crippen LogP contribution is 2.33. The van der Waals surface area contributed by atoms with Crippen LogP contribution in [0.3, 0.4) is 0 Å². The summed E-state index contributed by atoms with van der Waals surface area (Å²) in [5.74, 6) is 0.660. The fourth-order valence-corrected chi connectivity index (χ4v) is 2.29. The summed E-state index contributed by atoms with van der Waals surface area (Å²) in [5.41, 5.74) is 1.75. The average molecular weight is 270 g/mol. The van der Waals surface area contributed by atoms with E-state index in [0.717, 1.165) is 29.4 Å². The van der Waals surface area contributed by atoms with Gasteiger partial charge in [0.2, 0.25) is 0 Å². The van der Waals surface area contributed by atoms with Crippen molar-refractivity contribution in [3.8, 4) is 5.75 Å². The first-order valence-corrected chi connectivity index (χ1v) is 6.24. The third-order valence-electron chi connectivity index (χ3n) is 2.57. The number of halogens is 2. The van der Waals surface area contributed by atoms with Gasteiger partial charge in [0.1, 0.15) is 11.3 Å². The van der Waals surface area contributed by atoms with Crippen molar-refractivity contribution in [1.82, 2.24) is 4.98 Å². The molecule has 0 aliphatic heterocycles. The number of hydrogen-bond acceptors (Lipinski definition) is 2. The van der Waals surface area contributed by atoms with Crippen molar-refractivity contribution >= 4 is 34.1 Å². The topological polar surface area (TPSA) is 22.1 Å². The van der Waals surface area contributed by atoms with Crippen LogP contribution in [-0.2, 0) is 6.42 Å². The fourth-order valence-electron chi connectivity index (χ4n) is 1.81. The maximum Gasteiger partial charge on any atom is 0.146 e. The molecule has 0 aliphatic carbocycles. The summed E-state index contributed by atoms with van der Waals surface area (Å²) in [7, 11) is 1.60. The average Bonchev–Trinajstić information content (AvgIpc) is 2.30. The molecule has 1 heterocycles. The van der Waals surface area contributed by atoms with E-state index >= 15 is 0 Å². The van der Waals surface area contributed by atoms with Gasteiger partial charge in [0.05, 0.1) is 12.1 Å². The van der Waals surface area contributed by atoms with Crippen molar-refractivity contribution < 1.29 is 4.74 Å². The van der Waals surface area contributed by atoms with Crippen LogP contribution in [0.15, 0.2) is 18.2 Å². The van der Waals surface area contributed by atoms with Crippen LogP contribution in [0.4, 0.5) is 0 Å². The number of methoxy groups -OCH3 is 1. The molecule has 0 amide bonds. The van der Waals surface area contributed by atoms with Crippen molar-refractivity contribution in [2.45, 2.75) is 19.8 Å². The predicted octanol–water partition coefficient (Wildman–Crippen LogP) is 4.50. The van der Waals surface area contributed by atoms with Crippen LogP contribution in [0.5, 0.6) is 5.75 Å². The molecule has 90 valence electrons. The van der Waals surface area contributed by atoms with E-state index in [1.54, 1.807) is 13.2 Å². The van der Waals surface area contributed by atoms with Crippen LogP contribution in [0, 0.1) is 0 Å². The second-order valence-electron chi connectivity index (χ2n) is 3.85. The molecular weight excluding hydrogens is 257 g/mol. The zero-order valence-corrected chi connectivity index (χ0v) is 11.3.